The zero-order valence-corrected chi connectivity index (χ0v) is 8.99. The minimum Gasteiger partial charge on any atom is -0.223 e. The highest BCUT2D eigenvalue weighted by Crippen LogP contribution is 2.22. The molecule has 2 rings (SSSR count). The molecule has 0 atom stereocenters. The van der Waals surface area contributed by atoms with Crippen molar-refractivity contribution in [3.8, 4) is 5.69 Å². The molecule has 0 unspecified atom stereocenters. The van der Waals surface area contributed by atoms with Gasteiger partial charge in [0.15, 0.2) is 0 Å². The molecule has 1 aromatic carbocycles. The van der Waals surface area contributed by atoms with Crippen LogP contribution >= 0.6 is 15.9 Å². The van der Waals surface area contributed by atoms with Crippen molar-refractivity contribution in [1.29, 1.82) is 0 Å². The Morgan fingerprint density at radius 1 is 1.43 bits per heavy atom. The SMILES string of the molecule is Cc1cc(-n2cncn2)c(F)cc1Br. The Hall–Kier alpha value is -1.23. The standard InChI is InChI=1S/C9H7BrFN3/c1-6-2-9(8(11)3-7(6)10)14-5-12-4-13-14/h2-5H,1H3. The molecule has 1 aromatic heterocycles. The highest BCUT2D eigenvalue weighted by molar-refractivity contribution is 9.10. The first-order valence-electron chi connectivity index (χ1n) is 3.99. The summed E-state index contributed by atoms with van der Waals surface area (Å²) >= 11 is 3.26. The number of rotatable bonds is 1. The summed E-state index contributed by atoms with van der Waals surface area (Å²) in [6.45, 7) is 1.89. The number of aromatic nitrogens is 3. The molecular weight excluding hydrogens is 249 g/mol. The Balaban J connectivity index is 2.60. The van der Waals surface area contributed by atoms with Crippen LogP contribution in [0.4, 0.5) is 4.39 Å². The number of hydrogen-bond acceptors (Lipinski definition) is 2. The van der Waals surface area contributed by atoms with Gasteiger partial charge in [-0.3, -0.25) is 0 Å². The largest absolute Gasteiger partial charge is 0.223 e. The van der Waals surface area contributed by atoms with Gasteiger partial charge in [-0.05, 0) is 24.6 Å². The van der Waals surface area contributed by atoms with E-state index in [0.717, 1.165) is 10.0 Å². The Kier molecular flexibility index (Phi) is 2.33. The molecule has 0 fully saturated rings. The third-order valence-corrected chi connectivity index (χ3v) is 2.75. The number of hydrogen-bond donors (Lipinski definition) is 0. The summed E-state index contributed by atoms with van der Waals surface area (Å²) in [5, 5.41) is 3.87. The van der Waals surface area contributed by atoms with Crippen LogP contribution in [0, 0.1) is 12.7 Å². The Morgan fingerprint density at radius 2 is 2.21 bits per heavy atom. The molecule has 2 aromatic rings. The van der Waals surface area contributed by atoms with Crippen molar-refractivity contribution < 1.29 is 4.39 Å². The van der Waals surface area contributed by atoms with Gasteiger partial charge < -0.3 is 0 Å². The Morgan fingerprint density at radius 3 is 2.86 bits per heavy atom. The normalized spacial score (nSPS) is 10.5. The molecule has 0 spiro atoms. The predicted molar refractivity (Wildman–Crippen MR) is 53.8 cm³/mol. The van der Waals surface area contributed by atoms with Gasteiger partial charge in [0.25, 0.3) is 0 Å². The molecular formula is C9H7BrFN3. The summed E-state index contributed by atoms with van der Waals surface area (Å²) in [4.78, 5) is 3.77. The van der Waals surface area contributed by atoms with Crippen LogP contribution < -0.4 is 0 Å². The van der Waals surface area contributed by atoms with Crippen LogP contribution in [0.3, 0.4) is 0 Å². The van der Waals surface area contributed by atoms with Crippen molar-refractivity contribution in [3.05, 3.63) is 40.6 Å². The number of benzene rings is 1. The summed E-state index contributed by atoms with van der Waals surface area (Å²) in [6.07, 6.45) is 2.84. The third kappa shape index (κ3) is 1.55. The second-order valence-corrected chi connectivity index (χ2v) is 3.75. The van der Waals surface area contributed by atoms with Gasteiger partial charge in [0.1, 0.15) is 24.2 Å². The van der Waals surface area contributed by atoms with E-state index in [1.165, 1.54) is 23.4 Å². The van der Waals surface area contributed by atoms with Crippen LogP contribution in [0.2, 0.25) is 0 Å². The average molecular weight is 256 g/mol. The molecule has 0 radical (unpaired) electrons. The summed E-state index contributed by atoms with van der Waals surface area (Å²) < 4.78 is 15.6. The van der Waals surface area contributed by atoms with Gasteiger partial charge in [0.2, 0.25) is 0 Å². The van der Waals surface area contributed by atoms with Gasteiger partial charge in [-0.2, -0.15) is 5.10 Å². The predicted octanol–water partition coefficient (Wildman–Crippen LogP) is 2.48. The van der Waals surface area contributed by atoms with Crippen LogP contribution in [-0.2, 0) is 0 Å². The minimum absolute atomic E-state index is 0.326. The maximum absolute atomic E-state index is 13.5. The van der Waals surface area contributed by atoms with Gasteiger partial charge in [-0.15, -0.1) is 0 Å². The highest BCUT2D eigenvalue weighted by atomic mass is 79.9. The quantitative estimate of drug-likeness (QED) is 0.784. The molecule has 0 aliphatic carbocycles. The molecule has 0 saturated heterocycles. The van der Waals surface area contributed by atoms with Crippen LogP contribution in [-0.4, -0.2) is 14.8 Å². The summed E-state index contributed by atoms with van der Waals surface area (Å²) in [5.74, 6) is -0.326. The molecule has 1 heterocycles. The fourth-order valence-corrected chi connectivity index (χ4v) is 1.47. The van der Waals surface area contributed by atoms with Gasteiger partial charge in [-0.1, -0.05) is 15.9 Å². The zero-order chi connectivity index (χ0) is 10.1. The maximum Gasteiger partial charge on any atom is 0.150 e. The smallest absolute Gasteiger partial charge is 0.150 e. The van der Waals surface area contributed by atoms with E-state index in [9.17, 15) is 4.39 Å². The van der Waals surface area contributed by atoms with E-state index in [0.29, 0.717) is 5.69 Å². The van der Waals surface area contributed by atoms with Crippen molar-refractivity contribution in [1.82, 2.24) is 14.8 Å². The molecule has 0 amide bonds. The summed E-state index contributed by atoms with van der Waals surface area (Å²) in [5.41, 5.74) is 1.36. The lowest BCUT2D eigenvalue weighted by molar-refractivity contribution is 0.609. The summed E-state index contributed by atoms with van der Waals surface area (Å²) in [7, 11) is 0. The van der Waals surface area contributed by atoms with E-state index in [4.69, 9.17) is 0 Å². The van der Waals surface area contributed by atoms with Crippen molar-refractivity contribution >= 4 is 15.9 Å². The van der Waals surface area contributed by atoms with Crippen molar-refractivity contribution in [2.75, 3.05) is 0 Å². The first kappa shape index (κ1) is 9.33. The molecule has 5 heteroatoms. The van der Waals surface area contributed by atoms with Crippen molar-refractivity contribution in [2.45, 2.75) is 6.92 Å². The highest BCUT2D eigenvalue weighted by Gasteiger charge is 2.07. The van der Waals surface area contributed by atoms with E-state index in [-0.39, 0.29) is 5.82 Å². The number of halogens is 2. The van der Waals surface area contributed by atoms with Gasteiger partial charge in [0.05, 0.1) is 0 Å². The Bertz CT molecular complexity index is 453. The molecule has 0 aliphatic heterocycles. The molecule has 72 valence electrons. The first-order chi connectivity index (χ1) is 6.68. The fraction of sp³-hybridized carbons (Fsp3) is 0.111. The van der Waals surface area contributed by atoms with Crippen LogP contribution in [0.25, 0.3) is 5.69 Å². The fourth-order valence-electron chi connectivity index (χ4n) is 1.15. The van der Waals surface area contributed by atoms with Crippen molar-refractivity contribution in [3.63, 3.8) is 0 Å². The van der Waals surface area contributed by atoms with E-state index >= 15 is 0 Å². The second kappa shape index (κ2) is 3.49. The van der Waals surface area contributed by atoms with Crippen molar-refractivity contribution in [2.24, 2.45) is 0 Å². The van der Waals surface area contributed by atoms with E-state index in [1.54, 1.807) is 6.07 Å². The lowest BCUT2D eigenvalue weighted by Gasteiger charge is -2.05. The van der Waals surface area contributed by atoms with Crippen LogP contribution in [0.5, 0.6) is 0 Å². The summed E-state index contributed by atoms with van der Waals surface area (Å²) in [6, 6.07) is 3.14. The third-order valence-electron chi connectivity index (χ3n) is 1.89. The average Bonchev–Trinajstić information content (AvgIpc) is 2.64. The number of aryl methyl sites for hydroxylation is 1. The zero-order valence-electron chi connectivity index (χ0n) is 7.41. The van der Waals surface area contributed by atoms with Gasteiger partial charge in [-0.25, -0.2) is 14.1 Å². The van der Waals surface area contributed by atoms with E-state index in [2.05, 4.69) is 26.0 Å². The number of nitrogens with zero attached hydrogens (tertiary/aromatic N) is 3. The molecule has 0 aliphatic rings. The van der Waals surface area contributed by atoms with E-state index < -0.39 is 0 Å². The van der Waals surface area contributed by atoms with E-state index in [1.807, 2.05) is 6.92 Å². The molecule has 0 saturated carbocycles. The topological polar surface area (TPSA) is 30.7 Å². The second-order valence-electron chi connectivity index (χ2n) is 2.89. The lowest BCUT2D eigenvalue weighted by Crippen LogP contribution is -1.99. The van der Waals surface area contributed by atoms with Crippen LogP contribution in [0.15, 0.2) is 29.3 Å². The Labute approximate surface area is 88.7 Å². The molecule has 0 N–H and O–H groups in total. The molecule has 0 bridgehead atoms. The van der Waals surface area contributed by atoms with Gasteiger partial charge in [0, 0.05) is 4.47 Å². The van der Waals surface area contributed by atoms with Gasteiger partial charge >= 0.3 is 0 Å². The molecule has 3 nitrogen and oxygen atoms in total. The molecule has 14 heavy (non-hydrogen) atoms. The first-order valence-corrected chi connectivity index (χ1v) is 4.78. The monoisotopic (exact) mass is 255 g/mol. The lowest BCUT2D eigenvalue weighted by atomic mass is 10.2. The minimum atomic E-state index is -0.326. The maximum atomic E-state index is 13.5. The van der Waals surface area contributed by atoms with Crippen LogP contribution in [0.1, 0.15) is 5.56 Å².